The minimum absolute atomic E-state index is 0.338. The van der Waals surface area contributed by atoms with Crippen LogP contribution in [0.3, 0.4) is 0 Å². The van der Waals surface area contributed by atoms with Crippen LogP contribution in [0.4, 0.5) is 5.69 Å². The van der Waals surface area contributed by atoms with Gasteiger partial charge in [-0.1, -0.05) is 0 Å². The van der Waals surface area contributed by atoms with E-state index in [2.05, 4.69) is 29.8 Å². The molecule has 22 heavy (non-hydrogen) atoms. The molecule has 3 aromatic rings. The molecule has 0 saturated carbocycles. The Bertz CT molecular complexity index is 862. The molecule has 0 saturated heterocycles. The standard InChI is InChI=1S/C17H18N2O2S/c1-4-19(5-2)13-7-6-12-8-14(15-10-22-11(3)18-15)17(20)21-16(12)9-13/h6-10H,4-5H2,1-3H3. The third kappa shape index (κ3) is 2.64. The first kappa shape index (κ1) is 14.8. The van der Waals surface area contributed by atoms with E-state index in [1.807, 2.05) is 30.5 Å². The van der Waals surface area contributed by atoms with Crippen LogP contribution in [0.1, 0.15) is 18.9 Å². The second-order valence-corrected chi connectivity index (χ2v) is 6.16. The van der Waals surface area contributed by atoms with Gasteiger partial charge in [0.15, 0.2) is 0 Å². The Morgan fingerprint density at radius 1 is 1.23 bits per heavy atom. The second-order valence-electron chi connectivity index (χ2n) is 5.09. The van der Waals surface area contributed by atoms with Crippen molar-refractivity contribution in [2.75, 3.05) is 18.0 Å². The molecule has 2 aromatic heterocycles. The molecule has 0 aliphatic heterocycles. The smallest absolute Gasteiger partial charge is 0.345 e. The molecule has 0 aliphatic rings. The lowest BCUT2D eigenvalue weighted by Crippen LogP contribution is -2.21. The van der Waals surface area contributed by atoms with Crippen molar-refractivity contribution in [3.63, 3.8) is 0 Å². The van der Waals surface area contributed by atoms with Crippen LogP contribution < -0.4 is 10.5 Å². The first-order chi connectivity index (χ1) is 10.6. The highest BCUT2D eigenvalue weighted by atomic mass is 32.1. The number of thiazole rings is 1. The van der Waals surface area contributed by atoms with Crippen molar-refractivity contribution in [1.82, 2.24) is 4.98 Å². The summed E-state index contributed by atoms with van der Waals surface area (Å²) >= 11 is 1.53. The highest BCUT2D eigenvalue weighted by Crippen LogP contribution is 2.25. The Morgan fingerprint density at radius 3 is 2.64 bits per heavy atom. The number of aryl methyl sites for hydroxylation is 1. The van der Waals surface area contributed by atoms with Crippen LogP contribution in [-0.2, 0) is 0 Å². The topological polar surface area (TPSA) is 46.3 Å². The molecule has 5 heteroatoms. The van der Waals surface area contributed by atoms with Gasteiger partial charge in [-0.05, 0) is 39.0 Å². The van der Waals surface area contributed by atoms with Crippen LogP contribution in [0, 0.1) is 6.92 Å². The van der Waals surface area contributed by atoms with Gasteiger partial charge in [0, 0.05) is 35.6 Å². The van der Waals surface area contributed by atoms with Crippen LogP contribution in [0.25, 0.3) is 22.2 Å². The molecule has 0 fully saturated rings. The second kappa shape index (κ2) is 5.93. The molecule has 0 N–H and O–H groups in total. The summed E-state index contributed by atoms with van der Waals surface area (Å²) in [7, 11) is 0. The molecule has 0 amide bonds. The number of hydrogen-bond donors (Lipinski definition) is 0. The van der Waals surface area contributed by atoms with Gasteiger partial charge in [0.1, 0.15) is 5.58 Å². The Balaban J connectivity index is 2.12. The SMILES string of the molecule is CCN(CC)c1ccc2cc(-c3csc(C)n3)c(=O)oc2c1. The Hall–Kier alpha value is -2.14. The van der Waals surface area contributed by atoms with Crippen molar-refractivity contribution in [2.45, 2.75) is 20.8 Å². The van der Waals surface area contributed by atoms with Gasteiger partial charge in [-0.15, -0.1) is 11.3 Å². The average molecular weight is 314 g/mol. The van der Waals surface area contributed by atoms with E-state index in [0.717, 1.165) is 29.2 Å². The maximum absolute atomic E-state index is 12.2. The number of hydrogen-bond acceptors (Lipinski definition) is 5. The van der Waals surface area contributed by atoms with E-state index in [4.69, 9.17) is 4.42 Å². The van der Waals surface area contributed by atoms with E-state index in [1.54, 1.807) is 0 Å². The molecule has 114 valence electrons. The highest BCUT2D eigenvalue weighted by molar-refractivity contribution is 7.09. The summed E-state index contributed by atoms with van der Waals surface area (Å²) in [6.45, 7) is 7.98. The molecular formula is C17H18N2O2S. The molecule has 0 atom stereocenters. The maximum atomic E-state index is 12.2. The van der Waals surface area contributed by atoms with Crippen molar-refractivity contribution in [1.29, 1.82) is 0 Å². The third-order valence-corrected chi connectivity index (χ3v) is 4.52. The Morgan fingerprint density at radius 2 is 2.00 bits per heavy atom. The summed E-state index contributed by atoms with van der Waals surface area (Å²) in [5.74, 6) is 0. The van der Waals surface area contributed by atoms with E-state index in [-0.39, 0.29) is 5.63 Å². The number of nitrogens with zero attached hydrogens (tertiary/aromatic N) is 2. The molecule has 2 heterocycles. The summed E-state index contributed by atoms with van der Waals surface area (Å²) in [4.78, 5) is 18.8. The zero-order valence-electron chi connectivity index (χ0n) is 12.9. The van der Waals surface area contributed by atoms with Crippen LogP contribution in [-0.4, -0.2) is 18.1 Å². The monoisotopic (exact) mass is 314 g/mol. The molecular weight excluding hydrogens is 296 g/mol. The highest BCUT2D eigenvalue weighted by Gasteiger charge is 2.12. The molecule has 0 spiro atoms. The maximum Gasteiger partial charge on any atom is 0.345 e. The molecule has 1 aromatic carbocycles. The van der Waals surface area contributed by atoms with Gasteiger partial charge in [0.25, 0.3) is 0 Å². The average Bonchev–Trinajstić information content (AvgIpc) is 2.94. The molecule has 4 nitrogen and oxygen atoms in total. The van der Waals surface area contributed by atoms with E-state index in [0.29, 0.717) is 16.8 Å². The van der Waals surface area contributed by atoms with E-state index in [9.17, 15) is 4.79 Å². The molecule has 0 radical (unpaired) electrons. The lowest BCUT2D eigenvalue weighted by atomic mass is 10.1. The van der Waals surface area contributed by atoms with E-state index < -0.39 is 0 Å². The van der Waals surface area contributed by atoms with Crippen LogP contribution in [0.2, 0.25) is 0 Å². The van der Waals surface area contributed by atoms with Gasteiger partial charge >= 0.3 is 5.63 Å². The first-order valence-electron chi connectivity index (χ1n) is 7.37. The Labute approximate surface area is 133 Å². The van der Waals surface area contributed by atoms with Gasteiger partial charge in [-0.2, -0.15) is 0 Å². The van der Waals surface area contributed by atoms with Crippen molar-refractivity contribution in [2.24, 2.45) is 0 Å². The number of aromatic nitrogens is 1. The predicted octanol–water partition coefficient (Wildman–Crippen LogP) is 4.07. The van der Waals surface area contributed by atoms with Crippen LogP contribution in [0.15, 0.2) is 38.9 Å². The summed E-state index contributed by atoms with van der Waals surface area (Å²) in [6.07, 6.45) is 0. The van der Waals surface area contributed by atoms with Gasteiger partial charge in [-0.3, -0.25) is 0 Å². The van der Waals surface area contributed by atoms with Gasteiger partial charge in [-0.25, -0.2) is 9.78 Å². The van der Waals surface area contributed by atoms with Crippen molar-refractivity contribution < 1.29 is 4.42 Å². The van der Waals surface area contributed by atoms with E-state index in [1.165, 1.54) is 11.3 Å². The lowest BCUT2D eigenvalue weighted by molar-refractivity contribution is 0.563. The van der Waals surface area contributed by atoms with Crippen molar-refractivity contribution in [3.05, 3.63) is 45.1 Å². The zero-order valence-corrected chi connectivity index (χ0v) is 13.7. The quantitative estimate of drug-likeness (QED) is 0.681. The third-order valence-electron chi connectivity index (χ3n) is 3.74. The van der Waals surface area contributed by atoms with Gasteiger partial charge in [0.05, 0.1) is 16.3 Å². The molecule has 0 bridgehead atoms. The lowest BCUT2D eigenvalue weighted by Gasteiger charge is -2.20. The molecule has 3 rings (SSSR count). The normalized spacial score (nSPS) is 11.0. The predicted molar refractivity (Wildman–Crippen MR) is 91.9 cm³/mol. The van der Waals surface area contributed by atoms with Crippen molar-refractivity contribution >= 4 is 28.0 Å². The zero-order chi connectivity index (χ0) is 15.7. The molecule has 0 aliphatic carbocycles. The summed E-state index contributed by atoms with van der Waals surface area (Å²) < 4.78 is 5.52. The van der Waals surface area contributed by atoms with Gasteiger partial charge in [0.2, 0.25) is 0 Å². The number of fused-ring (bicyclic) bond motifs is 1. The number of benzene rings is 1. The molecule has 0 unspecified atom stereocenters. The minimum atomic E-state index is -0.338. The Kier molecular flexibility index (Phi) is 3.98. The fraction of sp³-hybridized carbons (Fsp3) is 0.294. The van der Waals surface area contributed by atoms with Crippen LogP contribution in [0.5, 0.6) is 0 Å². The summed E-state index contributed by atoms with van der Waals surface area (Å²) in [5, 5.41) is 3.74. The fourth-order valence-corrected chi connectivity index (χ4v) is 3.16. The van der Waals surface area contributed by atoms with Crippen molar-refractivity contribution in [3.8, 4) is 11.3 Å². The minimum Gasteiger partial charge on any atom is -0.422 e. The fourth-order valence-electron chi connectivity index (χ4n) is 2.55. The first-order valence-corrected chi connectivity index (χ1v) is 8.25. The number of rotatable bonds is 4. The van der Waals surface area contributed by atoms with E-state index >= 15 is 0 Å². The van der Waals surface area contributed by atoms with Crippen LogP contribution >= 0.6 is 11.3 Å². The number of anilines is 1. The summed E-state index contributed by atoms with van der Waals surface area (Å²) in [5.41, 5.74) is 2.55. The largest absolute Gasteiger partial charge is 0.422 e. The van der Waals surface area contributed by atoms with Gasteiger partial charge < -0.3 is 9.32 Å². The summed E-state index contributed by atoms with van der Waals surface area (Å²) in [6, 6.07) is 7.85.